The molecule has 0 unspecified atom stereocenters. The van der Waals surface area contributed by atoms with Gasteiger partial charge in [0.1, 0.15) is 16.4 Å². The maximum Gasteiger partial charge on any atom is 0.257 e. The Bertz CT molecular complexity index is 627. The Morgan fingerprint density at radius 3 is 2.84 bits per heavy atom. The fraction of sp³-hybridized carbons (Fsp3) is 0.167. The lowest BCUT2D eigenvalue weighted by Crippen LogP contribution is -2.25. The number of nitrogens with zero attached hydrogens (tertiary/aromatic N) is 1. The normalized spacial score (nSPS) is 10.5. The van der Waals surface area contributed by atoms with E-state index in [-0.39, 0.29) is 12.2 Å². The zero-order valence-corrected chi connectivity index (χ0v) is 10.9. The van der Waals surface area contributed by atoms with E-state index < -0.39 is 23.1 Å². The molecular weight excluding hydrogens is 272 g/mol. The summed E-state index contributed by atoms with van der Waals surface area (Å²) in [5.74, 6) is -2.84. The van der Waals surface area contributed by atoms with Gasteiger partial charge >= 0.3 is 0 Å². The van der Waals surface area contributed by atoms with Crippen molar-refractivity contribution in [2.45, 2.75) is 13.5 Å². The standard InChI is InChI=1S/C12H11F2N3OS/c1-6-4-16-9(19-6)5-17-12(18)10-7(13)2-3-8(15)11(10)14/h2-4H,5,15H2,1H3,(H,17,18). The minimum absolute atomic E-state index is 0.116. The van der Waals surface area contributed by atoms with Gasteiger partial charge in [-0.1, -0.05) is 0 Å². The van der Waals surface area contributed by atoms with Crippen LogP contribution < -0.4 is 11.1 Å². The fourth-order valence-electron chi connectivity index (χ4n) is 1.50. The summed E-state index contributed by atoms with van der Waals surface area (Å²) in [7, 11) is 0. The summed E-state index contributed by atoms with van der Waals surface area (Å²) in [6.07, 6.45) is 1.66. The first kappa shape index (κ1) is 13.4. The second-order valence-corrected chi connectivity index (χ2v) is 5.19. The molecule has 3 N–H and O–H groups in total. The molecule has 2 aromatic rings. The highest BCUT2D eigenvalue weighted by Crippen LogP contribution is 2.18. The zero-order valence-electron chi connectivity index (χ0n) is 10.0. The quantitative estimate of drug-likeness (QED) is 0.849. The van der Waals surface area contributed by atoms with Crippen molar-refractivity contribution in [2.24, 2.45) is 0 Å². The maximum absolute atomic E-state index is 13.6. The fourth-order valence-corrected chi connectivity index (χ4v) is 2.23. The summed E-state index contributed by atoms with van der Waals surface area (Å²) in [6.45, 7) is 1.99. The topological polar surface area (TPSA) is 68.0 Å². The van der Waals surface area contributed by atoms with Crippen molar-refractivity contribution in [2.75, 3.05) is 5.73 Å². The van der Waals surface area contributed by atoms with Gasteiger partial charge in [0.2, 0.25) is 0 Å². The van der Waals surface area contributed by atoms with Crippen LogP contribution in [-0.4, -0.2) is 10.9 Å². The Hall–Kier alpha value is -2.02. The molecule has 1 amide bonds. The van der Waals surface area contributed by atoms with Gasteiger partial charge in [0.25, 0.3) is 5.91 Å². The van der Waals surface area contributed by atoms with E-state index in [9.17, 15) is 13.6 Å². The van der Waals surface area contributed by atoms with E-state index in [0.29, 0.717) is 5.01 Å². The number of aromatic nitrogens is 1. The molecule has 0 aliphatic carbocycles. The van der Waals surface area contributed by atoms with Gasteiger partial charge in [0.15, 0.2) is 5.82 Å². The number of benzene rings is 1. The van der Waals surface area contributed by atoms with Crippen LogP contribution in [0.2, 0.25) is 0 Å². The van der Waals surface area contributed by atoms with Gasteiger partial charge in [-0.15, -0.1) is 11.3 Å². The Labute approximate surface area is 112 Å². The van der Waals surface area contributed by atoms with Gasteiger partial charge < -0.3 is 11.1 Å². The van der Waals surface area contributed by atoms with E-state index >= 15 is 0 Å². The summed E-state index contributed by atoms with van der Waals surface area (Å²) in [5, 5.41) is 3.07. The second-order valence-electron chi connectivity index (χ2n) is 3.87. The summed E-state index contributed by atoms with van der Waals surface area (Å²) in [5.41, 5.74) is 4.37. The number of carbonyl (C=O) groups is 1. The zero-order chi connectivity index (χ0) is 14.0. The van der Waals surface area contributed by atoms with Crippen molar-refractivity contribution in [3.05, 3.63) is 45.4 Å². The van der Waals surface area contributed by atoms with Crippen LogP contribution in [0.15, 0.2) is 18.3 Å². The predicted octanol–water partition coefficient (Wildman–Crippen LogP) is 2.24. The summed E-state index contributed by atoms with van der Waals surface area (Å²) in [6, 6.07) is 2.03. The Balaban J connectivity index is 2.14. The number of amides is 1. The van der Waals surface area contributed by atoms with Crippen molar-refractivity contribution in [3.63, 3.8) is 0 Å². The molecule has 1 aromatic heterocycles. The lowest BCUT2D eigenvalue weighted by molar-refractivity contribution is 0.0942. The molecule has 0 saturated heterocycles. The number of hydrogen-bond acceptors (Lipinski definition) is 4. The van der Waals surface area contributed by atoms with Crippen LogP contribution in [0.4, 0.5) is 14.5 Å². The number of nitrogen functional groups attached to an aromatic ring is 1. The molecule has 4 nitrogen and oxygen atoms in total. The molecule has 7 heteroatoms. The monoisotopic (exact) mass is 283 g/mol. The van der Waals surface area contributed by atoms with Crippen LogP contribution in [-0.2, 0) is 6.54 Å². The molecule has 19 heavy (non-hydrogen) atoms. The first-order valence-corrected chi connectivity index (χ1v) is 6.23. The number of nitrogens with two attached hydrogens (primary N) is 1. The maximum atomic E-state index is 13.6. The van der Waals surface area contributed by atoms with Gasteiger partial charge in [0, 0.05) is 11.1 Å². The van der Waals surface area contributed by atoms with E-state index in [4.69, 9.17) is 5.73 Å². The van der Waals surface area contributed by atoms with Gasteiger partial charge in [-0.2, -0.15) is 0 Å². The third kappa shape index (κ3) is 2.87. The van der Waals surface area contributed by atoms with Crippen LogP contribution in [0.5, 0.6) is 0 Å². The predicted molar refractivity (Wildman–Crippen MR) is 68.8 cm³/mol. The average Bonchev–Trinajstić information content (AvgIpc) is 2.78. The van der Waals surface area contributed by atoms with Gasteiger partial charge in [-0.3, -0.25) is 4.79 Å². The van der Waals surface area contributed by atoms with Gasteiger partial charge in [-0.25, -0.2) is 13.8 Å². The van der Waals surface area contributed by atoms with Crippen molar-refractivity contribution in [1.29, 1.82) is 0 Å². The number of rotatable bonds is 3. The smallest absolute Gasteiger partial charge is 0.257 e. The van der Waals surface area contributed by atoms with E-state index in [0.717, 1.165) is 17.0 Å². The number of hydrogen-bond donors (Lipinski definition) is 2. The minimum atomic E-state index is -1.05. The van der Waals surface area contributed by atoms with E-state index in [1.165, 1.54) is 11.3 Å². The number of anilines is 1. The molecule has 100 valence electrons. The summed E-state index contributed by atoms with van der Waals surface area (Å²) >= 11 is 1.40. The third-order valence-corrected chi connectivity index (χ3v) is 3.33. The summed E-state index contributed by atoms with van der Waals surface area (Å²) in [4.78, 5) is 16.8. The lowest BCUT2D eigenvalue weighted by Gasteiger charge is -2.07. The highest BCUT2D eigenvalue weighted by Gasteiger charge is 2.19. The van der Waals surface area contributed by atoms with E-state index in [2.05, 4.69) is 10.3 Å². The highest BCUT2D eigenvalue weighted by atomic mass is 32.1. The van der Waals surface area contributed by atoms with Crippen LogP contribution in [0.1, 0.15) is 20.2 Å². The molecule has 0 saturated carbocycles. The van der Waals surface area contributed by atoms with Crippen molar-refractivity contribution in [1.82, 2.24) is 10.3 Å². The first-order chi connectivity index (χ1) is 8.99. The van der Waals surface area contributed by atoms with E-state index in [1.54, 1.807) is 6.20 Å². The van der Waals surface area contributed by atoms with Crippen LogP contribution >= 0.6 is 11.3 Å². The first-order valence-electron chi connectivity index (χ1n) is 5.42. The molecule has 0 atom stereocenters. The highest BCUT2D eigenvalue weighted by molar-refractivity contribution is 7.11. The number of aryl methyl sites for hydroxylation is 1. The molecule has 0 radical (unpaired) electrons. The second kappa shape index (κ2) is 5.31. The van der Waals surface area contributed by atoms with Crippen molar-refractivity contribution < 1.29 is 13.6 Å². The lowest BCUT2D eigenvalue weighted by atomic mass is 10.1. The number of thiazole rings is 1. The number of halogens is 2. The van der Waals surface area contributed by atoms with E-state index in [1.807, 2.05) is 6.92 Å². The average molecular weight is 283 g/mol. The molecule has 0 aliphatic rings. The van der Waals surface area contributed by atoms with Crippen molar-refractivity contribution in [3.8, 4) is 0 Å². The molecule has 2 rings (SSSR count). The molecule has 0 spiro atoms. The largest absolute Gasteiger partial charge is 0.396 e. The van der Waals surface area contributed by atoms with Crippen molar-refractivity contribution >= 4 is 22.9 Å². The molecule has 0 bridgehead atoms. The number of carbonyl (C=O) groups excluding carboxylic acids is 1. The third-order valence-electron chi connectivity index (χ3n) is 2.42. The summed E-state index contributed by atoms with van der Waals surface area (Å²) < 4.78 is 27.0. The molecule has 1 heterocycles. The molecule has 0 fully saturated rings. The van der Waals surface area contributed by atoms with Crippen LogP contribution in [0.25, 0.3) is 0 Å². The van der Waals surface area contributed by atoms with Gasteiger partial charge in [0.05, 0.1) is 12.2 Å². The Morgan fingerprint density at radius 1 is 1.47 bits per heavy atom. The number of nitrogens with one attached hydrogen (secondary N) is 1. The SMILES string of the molecule is Cc1cnc(CNC(=O)c2c(F)ccc(N)c2F)s1. The minimum Gasteiger partial charge on any atom is -0.396 e. The molecular formula is C12H11F2N3OS. The Kier molecular flexibility index (Phi) is 3.75. The Morgan fingerprint density at radius 2 is 2.21 bits per heavy atom. The molecule has 1 aromatic carbocycles. The van der Waals surface area contributed by atoms with Crippen LogP contribution in [0.3, 0.4) is 0 Å². The molecule has 0 aliphatic heterocycles. The van der Waals surface area contributed by atoms with Gasteiger partial charge in [-0.05, 0) is 19.1 Å². The van der Waals surface area contributed by atoms with Crippen LogP contribution in [0, 0.1) is 18.6 Å².